The molecule has 2 atom stereocenters. The fraction of sp³-hybridized carbons (Fsp3) is 0.292. The van der Waals surface area contributed by atoms with Crippen LogP contribution in [0.15, 0.2) is 57.6 Å². The third-order valence-corrected chi connectivity index (χ3v) is 6.70. The maximum absolute atomic E-state index is 6.45. The number of benzene rings is 1. The van der Waals surface area contributed by atoms with Gasteiger partial charge in [0.15, 0.2) is 11.4 Å². The number of nitrogen functional groups attached to an aromatic ring is 1. The van der Waals surface area contributed by atoms with Gasteiger partial charge in [-0.05, 0) is 50.6 Å². The van der Waals surface area contributed by atoms with Crippen LogP contribution in [-0.4, -0.2) is 39.2 Å². The molecule has 0 spiro atoms. The molecule has 2 unspecified atom stereocenters. The highest BCUT2D eigenvalue weighted by atomic mass is 16.3. The zero-order chi connectivity index (χ0) is 22.6. The van der Waals surface area contributed by atoms with E-state index >= 15 is 0 Å². The molecule has 0 radical (unpaired) electrons. The molecular weight excluding hydrogens is 418 g/mol. The van der Waals surface area contributed by atoms with Crippen LogP contribution in [-0.2, 0) is 5.41 Å². The predicted molar refractivity (Wildman–Crippen MR) is 126 cm³/mol. The van der Waals surface area contributed by atoms with E-state index in [1.54, 1.807) is 10.8 Å². The lowest BCUT2D eigenvalue weighted by atomic mass is 9.73. The van der Waals surface area contributed by atoms with Crippen LogP contribution in [0.1, 0.15) is 31.1 Å². The number of aromatic nitrogens is 4. The third-order valence-electron chi connectivity index (χ3n) is 6.70. The van der Waals surface area contributed by atoms with Gasteiger partial charge < -0.3 is 25.2 Å². The minimum absolute atomic E-state index is 0.114. The average Bonchev–Trinajstić information content (AvgIpc) is 3.63. The largest absolute Gasteiger partial charge is 0.461 e. The minimum atomic E-state index is -0.594. The second kappa shape index (κ2) is 7.35. The van der Waals surface area contributed by atoms with Crippen molar-refractivity contribution in [3.8, 4) is 11.6 Å². The number of anilines is 2. The molecule has 0 aliphatic carbocycles. The van der Waals surface area contributed by atoms with E-state index in [9.17, 15) is 0 Å². The summed E-state index contributed by atoms with van der Waals surface area (Å²) in [6.07, 6.45) is 3.67. The van der Waals surface area contributed by atoms with Gasteiger partial charge >= 0.3 is 0 Å². The summed E-state index contributed by atoms with van der Waals surface area (Å²) < 4.78 is 13.6. The maximum Gasteiger partial charge on any atom is 0.225 e. The molecule has 168 valence electrons. The SMILES string of the molecule is CNc1nc(N)n2nc(-c3ccco3)nc2c1C(C)(c1cc2ccccc2o1)C1CCCN1. The number of furan rings is 2. The zero-order valence-corrected chi connectivity index (χ0v) is 18.5. The van der Waals surface area contributed by atoms with Crippen molar-refractivity contribution < 1.29 is 8.83 Å². The first kappa shape index (κ1) is 19.8. The lowest BCUT2D eigenvalue weighted by Crippen LogP contribution is -2.44. The predicted octanol–water partition coefficient (Wildman–Crippen LogP) is 3.81. The molecule has 0 saturated carbocycles. The summed E-state index contributed by atoms with van der Waals surface area (Å²) in [6, 6.07) is 13.9. The fourth-order valence-electron chi connectivity index (χ4n) is 5.01. The molecule has 1 aromatic carbocycles. The van der Waals surface area contributed by atoms with Crippen molar-refractivity contribution in [1.29, 1.82) is 0 Å². The molecule has 9 nitrogen and oxygen atoms in total. The summed E-state index contributed by atoms with van der Waals surface area (Å²) in [7, 11) is 1.84. The highest BCUT2D eigenvalue weighted by Gasteiger charge is 2.46. The van der Waals surface area contributed by atoms with Gasteiger partial charge in [0.05, 0.1) is 17.2 Å². The number of nitrogens with zero attached hydrogens (tertiary/aromatic N) is 4. The van der Waals surface area contributed by atoms with E-state index in [4.69, 9.17) is 19.6 Å². The summed E-state index contributed by atoms with van der Waals surface area (Å²) in [5.74, 6) is 2.76. The van der Waals surface area contributed by atoms with Gasteiger partial charge in [-0.15, -0.1) is 5.10 Å². The van der Waals surface area contributed by atoms with Crippen LogP contribution >= 0.6 is 0 Å². The Hall–Kier alpha value is -3.85. The second-order valence-corrected chi connectivity index (χ2v) is 8.59. The van der Waals surface area contributed by atoms with Crippen LogP contribution < -0.4 is 16.4 Å². The highest BCUT2D eigenvalue weighted by Crippen LogP contribution is 2.45. The van der Waals surface area contributed by atoms with Crippen molar-refractivity contribution >= 4 is 28.4 Å². The summed E-state index contributed by atoms with van der Waals surface area (Å²) in [5, 5.41) is 12.6. The van der Waals surface area contributed by atoms with Crippen molar-refractivity contribution in [3.05, 3.63) is 60.1 Å². The molecule has 33 heavy (non-hydrogen) atoms. The number of nitrogens with one attached hydrogen (secondary N) is 2. The second-order valence-electron chi connectivity index (χ2n) is 8.59. The Kier molecular flexibility index (Phi) is 4.41. The Morgan fingerprint density at radius 1 is 1.21 bits per heavy atom. The number of hydrogen-bond donors (Lipinski definition) is 3. The van der Waals surface area contributed by atoms with E-state index < -0.39 is 5.41 Å². The molecule has 5 heterocycles. The summed E-state index contributed by atoms with van der Waals surface area (Å²) in [6.45, 7) is 3.13. The van der Waals surface area contributed by atoms with Crippen LogP contribution in [0.5, 0.6) is 0 Å². The van der Waals surface area contributed by atoms with Gasteiger partial charge in [-0.3, -0.25) is 0 Å². The Bertz CT molecular complexity index is 1410. The highest BCUT2D eigenvalue weighted by molar-refractivity contribution is 5.79. The van der Waals surface area contributed by atoms with E-state index in [1.807, 2.05) is 37.4 Å². The van der Waals surface area contributed by atoms with Crippen LogP contribution in [0.3, 0.4) is 0 Å². The van der Waals surface area contributed by atoms with Crippen LogP contribution in [0.25, 0.3) is 28.2 Å². The van der Waals surface area contributed by atoms with E-state index in [0.717, 1.165) is 41.7 Å². The topological polar surface area (TPSA) is 119 Å². The molecule has 4 aromatic heterocycles. The molecule has 0 amide bonds. The van der Waals surface area contributed by atoms with Gasteiger partial charge in [0.1, 0.15) is 17.2 Å². The van der Waals surface area contributed by atoms with Gasteiger partial charge in [0, 0.05) is 18.5 Å². The molecule has 9 heteroatoms. The molecule has 6 rings (SSSR count). The van der Waals surface area contributed by atoms with Gasteiger partial charge in [0.2, 0.25) is 11.8 Å². The molecule has 4 N–H and O–H groups in total. The molecule has 1 saturated heterocycles. The first-order valence-corrected chi connectivity index (χ1v) is 11.1. The Morgan fingerprint density at radius 3 is 2.82 bits per heavy atom. The van der Waals surface area contributed by atoms with Crippen molar-refractivity contribution in [2.24, 2.45) is 0 Å². The van der Waals surface area contributed by atoms with E-state index in [2.05, 4.69) is 39.8 Å². The lowest BCUT2D eigenvalue weighted by Gasteiger charge is -2.35. The Balaban J connectivity index is 1.67. The first-order valence-electron chi connectivity index (χ1n) is 11.1. The van der Waals surface area contributed by atoms with Crippen LogP contribution in [0.4, 0.5) is 11.8 Å². The smallest absolute Gasteiger partial charge is 0.225 e. The van der Waals surface area contributed by atoms with Crippen molar-refractivity contribution in [1.82, 2.24) is 24.9 Å². The van der Waals surface area contributed by atoms with Crippen molar-refractivity contribution in [3.63, 3.8) is 0 Å². The van der Waals surface area contributed by atoms with E-state index in [1.165, 1.54) is 0 Å². The first-order chi connectivity index (χ1) is 16.1. The molecule has 0 bridgehead atoms. The monoisotopic (exact) mass is 443 g/mol. The summed E-state index contributed by atoms with van der Waals surface area (Å²) in [4.78, 5) is 9.53. The Labute approximate surface area is 190 Å². The number of rotatable bonds is 5. The number of hydrogen-bond acceptors (Lipinski definition) is 8. The molecule has 5 aromatic rings. The zero-order valence-electron chi connectivity index (χ0n) is 18.5. The molecule has 1 aliphatic rings. The van der Waals surface area contributed by atoms with Gasteiger partial charge in [0.25, 0.3) is 0 Å². The van der Waals surface area contributed by atoms with Gasteiger partial charge in [-0.1, -0.05) is 18.2 Å². The van der Waals surface area contributed by atoms with Crippen molar-refractivity contribution in [2.45, 2.75) is 31.2 Å². The van der Waals surface area contributed by atoms with E-state index in [-0.39, 0.29) is 12.0 Å². The normalized spacial score (nSPS) is 18.2. The fourth-order valence-corrected chi connectivity index (χ4v) is 5.01. The standard InChI is InChI=1S/C24H25N7O2/c1-24(17-10-5-11-27-17,18-13-14-7-3-4-8-15(14)33-18)19-21(26-2)29-23(25)31-22(19)28-20(30-31)16-9-6-12-32-16/h3-4,6-9,12-13,17,26-27H,5,10-11H2,1-2H3,(H2,25,29). The minimum Gasteiger partial charge on any atom is -0.461 e. The van der Waals surface area contributed by atoms with Crippen LogP contribution in [0.2, 0.25) is 0 Å². The van der Waals surface area contributed by atoms with Gasteiger partial charge in [-0.25, -0.2) is 4.98 Å². The van der Waals surface area contributed by atoms with Crippen LogP contribution in [0, 0.1) is 0 Å². The van der Waals surface area contributed by atoms with Crippen molar-refractivity contribution in [2.75, 3.05) is 24.6 Å². The lowest BCUT2D eigenvalue weighted by molar-refractivity contribution is 0.342. The summed E-state index contributed by atoms with van der Waals surface area (Å²) in [5.41, 5.74) is 8.06. The quantitative estimate of drug-likeness (QED) is 0.375. The number of para-hydroxylation sites is 1. The number of nitrogens with two attached hydrogens (primary N) is 1. The molecule has 1 aliphatic heterocycles. The third kappa shape index (κ3) is 2.92. The van der Waals surface area contributed by atoms with E-state index in [0.29, 0.717) is 23.0 Å². The maximum atomic E-state index is 6.45. The molecule has 1 fully saturated rings. The number of fused-ring (bicyclic) bond motifs is 2. The summed E-state index contributed by atoms with van der Waals surface area (Å²) >= 11 is 0. The average molecular weight is 444 g/mol. The Morgan fingerprint density at radius 2 is 2.09 bits per heavy atom. The van der Waals surface area contributed by atoms with Gasteiger partial charge in [-0.2, -0.15) is 9.50 Å². The molecular formula is C24H25N7O2.